The van der Waals surface area contributed by atoms with Crippen molar-refractivity contribution in [2.45, 2.75) is 26.4 Å². The van der Waals surface area contributed by atoms with E-state index < -0.39 is 20.1 Å². The number of aromatic nitrogens is 3. The van der Waals surface area contributed by atoms with Crippen molar-refractivity contribution in [3.05, 3.63) is 64.1 Å². The van der Waals surface area contributed by atoms with E-state index in [1.807, 2.05) is 6.92 Å². The molecule has 2 N–H and O–H groups in total. The average molecular weight is 433 g/mol. The molecule has 2 aromatic heterocycles. The van der Waals surface area contributed by atoms with Crippen LogP contribution in [0.1, 0.15) is 12.5 Å². The second-order valence-corrected chi connectivity index (χ2v) is 10.7. The Morgan fingerprint density at radius 2 is 1.97 bits per heavy atom. The molecule has 3 aromatic rings. The Hall–Kier alpha value is -3.11. The highest BCUT2D eigenvalue weighted by Gasteiger charge is 2.24. The van der Waals surface area contributed by atoms with E-state index >= 15 is 0 Å². The summed E-state index contributed by atoms with van der Waals surface area (Å²) < 4.78 is 34.2. The van der Waals surface area contributed by atoms with Crippen molar-refractivity contribution < 1.29 is 18.3 Å². The molecule has 0 fully saturated rings. The molecule has 3 rings (SSSR count). The monoisotopic (exact) mass is 432 g/mol. The van der Waals surface area contributed by atoms with Gasteiger partial charge in [0.25, 0.3) is 14.0 Å². The number of halogens is 2. The largest absolute Gasteiger partial charge is 0.436 e. The summed E-state index contributed by atoms with van der Waals surface area (Å²) in [5.74, 6) is -1.70. The van der Waals surface area contributed by atoms with Crippen molar-refractivity contribution in [2.24, 2.45) is 7.05 Å². The highest BCUT2D eigenvalue weighted by molar-refractivity contribution is 6.74. The van der Waals surface area contributed by atoms with E-state index in [1.165, 1.54) is 10.6 Å². The van der Waals surface area contributed by atoms with Crippen LogP contribution >= 0.6 is 0 Å². The highest BCUT2D eigenvalue weighted by Crippen LogP contribution is 2.28. The number of rotatable bonds is 6. The lowest BCUT2D eigenvalue weighted by Crippen LogP contribution is -2.40. The second kappa shape index (κ2) is 8.32. The van der Waals surface area contributed by atoms with Gasteiger partial charge in [-0.3, -0.25) is 4.79 Å². The third-order valence-corrected chi connectivity index (χ3v) is 6.68. The summed E-state index contributed by atoms with van der Waals surface area (Å²) in [6.07, 6.45) is 1.61. The number of pyridine rings is 1. The molecule has 0 saturated carbocycles. The van der Waals surface area contributed by atoms with Crippen LogP contribution in [0.2, 0.25) is 12.6 Å². The number of hydrogen-bond donors (Lipinski definition) is 2. The van der Waals surface area contributed by atoms with E-state index in [0.29, 0.717) is 28.9 Å². The van der Waals surface area contributed by atoms with E-state index in [1.54, 1.807) is 32.8 Å². The van der Waals surface area contributed by atoms with Gasteiger partial charge in [0.1, 0.15) is 5.82 Å². The summed E-state index contributed by atoms with van der Waals surface area (Å²) >= 11 is 0. The van der Waals surface area contributed by atoms with Crippen molar-refractivity contribution in [1.82, 2.24) is 14.5 Å². The Kier molecular flexibility index (Phi) is 5.99. The molecule has 0 radical (unpaired) electrons. The van der Waals surface area contributed by atoms with E-state index in [4.69, 9.17) is 4.74 Å². The first-order chi connectivity index (χ1) is 14.1. The molecule has 0 amide bonds. The molecule has 0 saturated heterocycles. The van der Waals surface area contributed by atoms with Crippen LogP contribution in [0.5, 0.6) is 11.6 Å². The highest BCUT2D eigenvalue weighted by atomic mass is 28.4. The number of aryl methyl sites for hydroxylation is 2. The summed E-state index contributed by atoms with van der Waals surface area (Å²) in [6.45, 7) is 5.22. The molecule has 0 aliphatic carbocycles. The van der Waals surface area contributed by atoms with E-state index in [2.05, 4.69) is 15.0 Å². The van der Waals surface area contributed by atoms with Crippen LogP contribution in [0.25, 0.3) is 11.3 Å². The minimum absolute atomic E-state index is 0.000386. The molecule has 158 valence electrons. The lowest BCUT2D eigenvalue weighted by molar-refractivity contribution is 0.423. The van der Waals surface area contributed by atoms with Crippen molar-refractivity contribution in [3.63, 3.8) is 0 Å². The molecule has 2 heterocycles. The Labute approximate surface area is 173 Å². The Bertz CT molecular complexity index is 1130. The summed E-state index contributed by atoms with van der Waals surface area (Å²) in [5, 5.41) is 0. The summed E-state index contributed by atoms with van der Waals surface area (Å²) in [7, 11) is -1.19. The van der Waals surface area contributed by atoms with Gasteiger partial charge in [0, 0.05) is 36.5 Å². The quantitative estimate of drug-likeness (QED) is 0.577. The van der Waals surface area contributed by atoms with Gasteiger partial charge in [-0.2, -0.15) is 4.98 Å². The molecule has 0 spiro atoms. The molecule has 7 nitrogen and oxygen atoms in total. The molecule has 10 heteroatoms. The molecule has 1 atom stereocenters. The van der Waals surface area contributed by atoms with Gasteiger partial charge in [0.05, 0.1) is 5.69 Å². The fourth-order valence-electron chi connectivity index (χ4n) is 2.70. The molecule has 1 unspecified atom stereocenters. The lowest BCUT2D eigenvalue weighted by Gasteiger charge is -2.20. The van der Waals surface area contributed by atoms with Gasteiger partial charge >= 0.3 is 0 Å². The summed E-state index contributed by atoms with van der Waals surface area (Å²) in [6, 6.07) is 6.60. The van der Waals surface area contributed by atoms with Crippen molar-refractivity contribution in [3.8, 4) is 22.9 Å². The maximum absolute atomic E-state index is 14.0. The SMILES string of the molecule is CC[Si](C)(O)Nc1nc(Oc2ccc(F)cc2F)cc(-c2cc(C)c(=O)n(C)c2)n1. The van der Waals surface area contributed by atoms with Gasteiger partial charge < -0.3 is 19.1 Å². The molecule has 30 heavy (non-hydrogen) atoms. The number of anilines is 1. The predicted octanol–water partition coefficient (Wildman–Crippen LogP) is 3.72. The van der Waals surface area contributed by atoms with E-state index in [9.17, 15) is 18.4 Å². The van der Waals surface area contributed by atoms with Gasteiger partial charge in [-0.25, -0.2) is 13.8 Å². The normalized spacial score (nSPS) is 13.0. The van der Waals surface area contributed by atoms with Crippen LogP contribution in [-0.4, -0.2) is 27.8 Å². The zero-order valence-electron chi connectivity index (χ0n) is 17.0. The third kappa shape index (κ3) is 4.89. The topological polar surface area (TPSA) is 89.3 Å². The fraction of sp³-hybridized carbons (Fsp3) is 0.250. The van der Waals surface area contributed by atoms with Crippen LogP contribution in [0.15, 0.2) is 41.3 Å². The first-order valence-corrected chi connectivity index (χ1v) is 11.9. The van der Waals surface area contributed by atoms with Crippen LogP contribution in [0, 0.1) is 18.6 Å². The molecule has 0 aliphatic rings. The van der Waals surface area contributed by atoms with Crippen LogP contribution in [0.3, 0.4) is 0 Å². The zero-order valence-corrected chi connectivity index (χ0v) is 18.0. The minimum Gasteiger partial charge on any atom is -0.436 e. The summed E-state index contributed by atoms with van der Waals surface area (Å²) in [5.41, 5.74) is 1.40. The number of benzene rings is 1. The number of nitrogens with one attached hydrogen (secondary N) is 1. The van der Waals surface area contributed by atoms with Gasteiger partial charge in [0.15, 0.2) is 11.6 Å². The maximum atomic E-state index is 14.0. The predicted molar refractivity (Wildman–Crippen MR) is 112 cm³/mol. The van der Waals surface area contributed by atoms with Gasteiger partial charge in [0.2, 0.25) is 11.8 Å². The van der Waals surface area contributed by atoms with Gasteiger partial charge in [-0.1, -0.05) is 6.92 Å². The van der Waals surface area contributed by atoms with Gasteiger partial charge in [-0.15, -0.1) is 0 Å². The summed E-state index contributed by atoms with van der Waals surface area (Å²) in [4.78, 5) is 34.1. The molecular weight excluding hydrogens is 410 g/mol. The third-order valence-electron chi connectivity index (χ3n) is 4.54. The molecular formula is C20H22F2N4O3Si. The van der Waals surface area contributed by atoms with Gasteiger partial charge in [-0.05, 0) is 37.7 Å². The van der Waals surface area contributed by atoms with E-state index in [-0.39, 0.29) is 23.1 Å². The first-order valence-electron chi connectivity index (χ1n) is 9.28. The van der Waals surface area contributed by atoms with Crippen LogP contribution in [0.4, 0.5) is 14.7 Å². The van der Waals surface area contributed by atoms with Crippen LogP contribution in [-0.2, 0) is 7.05 Å². The van der Waals surface area contributed by atoms with Crippen molar-refractivity contribution in [2.75, 3.05) is 4.98 Å². The maximum Gasteiger partial charge on any atom is 0.294 e. The second-order valence-electron chi connectivity index (χ2n) is 7.17. The first kappa shape index (κ1) is 21.6. The number of hydrogen-bond acceptors (Lipinski definition) is 6. The smallest absolute Gasteiger partial charge is 0.294 e. The van der Waals surface area contributed by atoms with E-state index in [0.717, 1.165) is 12.1 Å². The fourth-order valence-corrected chi connectivity index (χ4v) is 3.47. The zero-order chi connectivity index (χ0) is 22.1. The van der Waals surface area contributed by atoms with Crippen LogP contribution < -0.4 is 15.3 Å². The Balaban J connectivity index is 2.10. The Morgan fingerprint density at radius 1 is 1.23 bits per heavy atom. The molecule has 1 aromatic carbocycles. The van der Waals surface area contributed by atoms with Crippen molar-refractivity contribution >= 4 is 14.4 Å². The minimum atomic E-state index is -2.82. The van der Waals surface area contributed by atoms with Crippen molar-refractivity contribution in [1.29, 1.82) is 0 Å². The molecule has 0 aliphatic heterocycles. The lowest BCUT2D eigenvalue weighted by atomic mass is 10.1. The Morgan fingerprint density at radius 3 is 2.60 bits per heavy atom. The number of nitrogens with zero attached hydrogens (tertiary/aromatic N) is 3. The number of ether oxygens (including phenoxy) is 1. The standard InChI is InChI=1S/C20H22F2N4O3Si/c1-5-30(4,28)25-20-23-16(13-8-12(2)19(27)26(3)11-13)10-18(24-20)29-17-7-6-14(21)9-15(17)22/h6-11,28H,5H2,1-4H3,(H,23,24,25). The average Bonchev–Trinajstić information content (AvgIpc) is 2.67. The molecule has 0 bridgehead atoms.